The molecule has 2 aromatic carbocycles. The minimum atomic E-state index is 0.562. The minimum Gasteiger partial charge on any atom is -0.330 e. The third-order valence-electron chi connectivity index (χ3n) is 4.48. The number of hydrogen-bond donors (Lipinski definition) is 1. The average Bonchev–Trinajstić information content (AvgIpc) is 3.05. The average molecular weight is 321 g/mol. The van der Waals surface area contributed by atoms with Gasteiger partial charge in [0.1, 0.15) is 5.49 Å². The lowest BCUT2D eigenvalue weighted by molar-refractivity contribution is 0.702. The molecule has 0 amide bonds. The van der Waals surface area contributed by atoms with E-state index in [1.807, 2.05) is 42.5 Å². The Labute approximate surface area is 140 Å². The highest BCUT2D eigenvalue weighted by molar-refractivity contribution is 6.33. The first-order valence-corrected chi connectivity index (χ1v) is 8.25. The summed E-state index contributed by atoms with van der Waals surface area (Å²) in [4.78, 5) is 0. The van der Waals surface area contributed by atoms with Crippen molar-refractivity contribution in [2.24, 2.45) is 0 Å². The Hall–Kier alpha value is -2.32. The number of hydrogen-bond acceptors (Lipinski definition) is 1. The zero-order chi connectivity index (χ0) is 15.8. The van der Waals surface area contributed by atoms with Gasteiger partial charge in [0.25, 0.3) is 0 Å². The first-order chi connectivity index (χ1) is 11.3. The van der Waals surface area contributed by atoms with Crippen molar-refractivity contribution in [1.29, 1.82) is 5.41 Å². The summed E-state index contributed by atoms with van der Waals surface area (Å²) < 4.78 is 2.12. The number of halogens is 1. The number of nitrogens with one attached hydrogen (secondary N) is 1. The Bertz CT molecular complexity index is 926. The second-order valence-electron chi connectivity index (χ2n) is 5.87. The van der Waals surface area contributed by atoms with E-state index < -0.39 is 0 Å². The largest absolute Gasteiger partial charge is 0.330 e. The number of fused-ring (bicyclic) bond motifs is 1. The van der Waals surface area contributed by atoms with E-state index in [-0.39, 0.29) is 0 Å². The Morgan fingerprint density at radius 1 is 0.913 bits per heavy atom. The fraction of sp³-hybridized carbons (Fsp3) is 0.150. The Morgan fingerprint density at radius 2 is 1.65 bits per heavy atom. The van der Waals surface area contributed by atoms with Crippen LogP contribution in [-0.2, 0) is 13.0 Å². The molecular formula is C20H17ClN2. The van der Waals surface area contributed by atoms with Crippen molar-refractivity contribution in [3.05, 3.63) is 76.9 Å². The summed E-state index contributed by atoms with van der Waals surface area (Å²) in [5.74, 6) is 0. The van der Waals surface area contributed by atoms with Crippen LogP contribution in [0.3, 0.4) is 0 Å². The van der Waals surface area contributed by atoms with Crippen molar-refractivity contribution in [1.82, 2.24) is 4.57 Å². The molecule has 114 valence electrons. The maximum absolute atomic E-state index is 8.76. The molecule has 23 heavy (non-hydrogen) atoms. The van der Waals surface area contributed by atoms with Crippen LogP contribution in [0.15, 0.2) is 60.7 Å². The summed E-state index contributed by atoms with van der Waals surface area (Å²) in [5.41, 5.74) is 5.88. The van der Waals surface area contributed by atoms with Gasteiger partial charge >= 0.3 is 0 Å². The topological polar surface area (TPSA) is 28.8 Å². The molecule has 0 radical (unpaired) electrons. The van der Waals surface area contributed by atoms with Crippen molar-refractivity contribution in [3.63, 3.8) is 0 Å². The van der Waals surface area contributed by atoms with E-state index in [9.17, 15) is 0 Å². The van der Waals surface area contributed by atoms with Gasteiger partial charge in [-0.3, -0.25) is 5.41 Å². The molecule has 0 fully saturated rings. The zero-order valence-corrected chi connectivity index (χ0v) is 13.5. The van der Waals surface area contributed by atoms with E-state index in [2.05, 4.69) is 22.8 Å². The van der Waals surface area contributed by atoms with Crippen LogP contribution in [0.5, 0.6) is 0 Å². The van der Waals surface area contributed by atoms with Gasteiger partial charge in [-0.25, -0.2) is 0 Å². The third-order valence-corrected chi connectivity index (χ3v) is 4.81. The SMILES string of the molecule is N=c1c(-c2ccccc2Cl)c(-c2ccccc2)cc2n1CCC2. The minimum absolute atomic E-state index is 0.562. The second-order valence-corrected chi connectivity index (χ2v) is 6.28. The molecule has 3 heteroatoms. The molecular weight excluding hydrogens is 304 g/mol. The fourth-order valence-electron chi connectivity index (χ4n) is 3.39. The molecule has 4 rings (SSSR count). The number of rotatable bonds is 2. The van der Waals surface area contributed by atoms with Gasteiger partial charge in [-0.2, -0.15) is 0 Å². The van der Waals surface area contributed by atoms with Crippen LogP contribution >= 0.6 is 11.6 Å². The number of aromatic nitrogens is 1. The van der Waals surface area contributed by atoms with Crippen LogP contribution < -0.4 is 5.49 Å². The van der Waals surface area contributed by atoms with Crippen molar-refractivity contribution in [2.45, 2.75) is 19.4 Å². The van der Waals surface area contributed by atoms with E-state index in [0.29, 0.717) is 10.5 Å². The van der Waals surface area contributed by atoms with Crippen LogP contribution in [0.25, 0.3) is 22.3 Å². The van der Waals surface area contributed by atoms with Crippen molar-refractivity contribution in [2.75, 3.05) is 0 Å². The lowest BCUT2D eigenvalue weighted by atomic mass is 9.95. The highest BCUT2D eigenvalue weighted by Crippen LogP contribution is 2.35. The summed E-state index contributed by atoms with van der Waals surface area (Å²) in [5, 5.41) is 9.45. The van der Waals surface area contributed by atoms with Gasteiger partial charge in [0.15, 0.2) is 0 Å². The Kier molecular flexibility index (Phi) is 3.55. The van der Waals surface area contributed by atoms with E-state index >= 15 is 0 Å². The molecule has 1 aliphatic heterocycles. The Balaban J connectivity index is 2.08. The third kappa shape index (κ3) is 2.40. The standard InChI is InChI=1S/C20H17ClN2/c21-18-11-5-4-10-16(18)19-17(14-7-2-1-3-8-14)13-15-9-6-12-23(15)20(19)22/h1-5,7-8,10-11,13,22H,6,9,12H2. The number of aryl methyl sites for hydroxylation is 1. The molecule has 3 aromatic rings. The second kappa shape index (κ2) is 5.71. The maximum atomic E-state index is 8.76. The summed E-state index contributed by atoms with van der Waals surface area (Å²) in [6.45, 7) is 0.917. The molecule has 0 spiro atoms. The normalized spacial score (nSPS) is 13.1. The van der Waals surface area contributed by atoms with Gasteiger partial charge in [0.05, 0.1) is 0 Å². The molecule has 0 bridgehead atoms. The van der Waals surface area contributed by atoms with Crippen LogP contribution in [0.4, 0.5) is 0 Å². The van der Waals surface area contributed by atoms with Crippen LogP contribution in [0.2, 0.25) is 5.02 Å². The van der Waals surface area contributed by atoms with Gasteiger partial charge in [-0.05, 0) is 36.1 Å². The Morgan fingerprint density at radius 3 is 2.43 bits per heavy atom. The van der Waals surface area contributed by atoms with Gasteiger partial charge in [0.2, 0.25) is 0 Å². The van der Waals surface area contributed by atoms with E-state index in [4.69, 9.17) is 17.0 Å². The van der Waals surface area contributed by atoms with Gasteiger partial charge in [0, 0.05) is 28.4 Å². The molecule has 2 nitrogen and oxygen atoms in total. The smallest absolute Gasteiger partial charge is 0.133 e. The van der Waals surface area contributed by atoms with E-state index in [1.165, 1.54) is 5.69 Å². The zero-order valence-electron chi connectivity index (χ0n) is 12.7. The van der Waals surface area contributed by atoms with Crippen LogP contribution in [0, 0.1) is 5.41 Å². The quantitative estimate of drug-likeness (QED) is 0.695. The van der Waals surface area contributed by atoms with Crippen molar-refractivity contribution >= 4 is 11.6 Å². The molecule has 0 saturated carbocycles. The van der Waals surface area contributed by atoms with Crippen molar-refractivity contribution in [3.8, 4) is 22.3 Å². The molecule has 1 N–H and O–H groups in total. The highest BCUT2D eigenvalue weighted by Gasteiger charge is 2.19. The van der Waals surface area contributed by atoms with Crippen molar-refractivity contribution < 1.29 is 0 Å². The molecule has 1 aromatic heterocycles. The number of benzene rings is 2. The lowest BCUT2D eigenvalue weighted by Gasteiger charge is -2.16. The van der Waals surface area contributed by atoms with Crippen LogP contribution in [-0.4, -0.2) is 4.57 Å². The molecule has 0 aliphatic carbocycles. The number of pyridine rings is 1. The monoisotopic (exact) mass is 320 g/mol. The van der Waals surface area contributed by atoms with E-state index in [0.717, 1.165) is 41.6 Å². The fourth-order valence-corrected chi connectivity index (χ4v) is 3.62. The van der Waals surface area contributed by atoms with Gasteiger partial charge < -0.3 is 4.57 Å². The van der Waals surface area contributed by atoms with E-state index in [1.54, 1.807) is 0 Å². The summed E-state index contributed by atoms with van der Waals surface area (Å²) in [7, 11) is 0. The lowest BCUT2D eigenvalue weighted by Crippen LogP contribution is -2.22. The first-order valence-electron chi connectivity index (χ1n) is 7.87. The first kappa shape index (κ1) is 14.3. The summed E-state index contributed by atoms with van der Waals surface area (Å²) >= 11 is 6.45. The highest BCUT2D eigenvalue weighted by atomic mass is 35.5. The van der Waals surface area contributed by atoms with Gasteiger partial charge in [-0.1, -0.05) is 60.1 Å². The van der Waals surface area contributed by atoms with Crippen LogP contribution in [0.1, 0.15) is 12.1 Å². The summed E-state index contributed by atoms with van der Waals surface area (Å²) in [6.07, 6.45) is 2.14. The predicted molar refractivity (Wildman–Crippen MR) is 94.5 cm³/mol. The molecule has 1 aliphatic rings. The molecule has 0 saturated heterocycles. The molecule has 0 atom stereocenters. The maximum Gasteiger partial charge on any atom is 0.133 e. The molecule has 2 heterocycles. The predicted octanol–water partition coefficient (Wildman–Crippen LogP) is 4.90. The van der Waals surface area contributed by atoms with Gasteiger partial charge in [-0.15, -0.1) is 0 Å². The molecule has 0 unspecified atom stereocenters. The number of nitrogens with zero attached hydrogens (tertiary/aromatic N) is 1. The summed E-state index contributed by atoms with van der Waals surface area (Å²) in [6, 6.07) is 20.3.